The molecule has 134 valence electrons. The van der Waals surface area contributed by atoms with Crippen LogP contribution in [0.5, 0.6) is 0 Å². The Morgan fingerprint density at radius 3 is 2.56 bits per heavy atom. The summed E-state index contributed by atoms with van der Waals surface area (Å²) in [5.41, 5.74) is 1.39. The van der Waals surface area contributed by atoms with Gasteiger partial charge in [-0.2, -0.15) is 0 Å². The number of benzene rings is 2. The minimum atomic E-state index is -0.0715. The molecule has 2 N–H and O–H groups in total. The SMILES string of the molecule is CCCNCCNC(=O)c1cc2ccccc2c2cccnc12.Cl.Cl. The van der Waals surface area contributed by atoms with E-state index >= 15 is 0 Å². The number of amides is 1. The van der Waals surface area contributed by atoms with Gasteiger partial charge < -0.3 is 10.6 Å². The van der Waals surface area contributed by atoms with E-state index in [1.807, 2.05) is 36.4 Å². The third-order valence-electron chi connectivity index (χ3n) is 3.87. The van der Waals surface area contributed by atoms with E-state index in [-0.39, 0.29) is 30.7 Å². The quantitative estimate of drug-likeness (QED) is 0.503. The number of nitrogens with zero attached hydrogens (tertiary/aromatic N) is 1. The zero-order chi connectivity index (χ0) is 16.1. The molecule has 0 saturated heterocycles. The first-order valence-electron chi connectivity index (χ1n) is 8.06. The largest absolute Gasteiger partial charge is 0.351 e. The van der Waals surface area contributed by atoms with Gasteiger partial charge >= 0.3 is 0 Å². The molecule has 1 aromatic heterocycles. The maximum absolute atomic E-state index is 12.6. The lowest BCUT2D eigenvalue weighted by atomic mass is 10.0. The maximum Gasteiger partial charge on any atom is 0.253 e. The van der Waals surface area contributed by atoms with Crippen molar-refractivity contribution in [3.8, 4) is 0 Å². The molecule has 0 aliphatic rings. The first-order chi connectivity index (χ1) is 11.3. The molecule has 6 heteroatoms. The van der Waals surface area contributed by atoms with E-state index in [9.17, 15) is 4.79 Å². The van der Waals surface area contributed by atoms with E-state index < -0.39 is 0 Å². The molecule has 25 heavy (non-hydrogen) atoms. The Morgan fingerprint density at radius 1 is 1.00 bits per heavy atom. The smallest absolute Gasteiger partial charge is 0.253 e. The van der Waals surface area contributed by atoms with Gasteiger partial charge in [0, 0.05) is 24.7 Å². The van der Waals surface area contributed by atoms with Crippen LogP contribution in [0.25, 0.3) is 21.7 Å². The summed E-state index contributed by atoms with van der Waals surface area (Å²) in [6, 6.07) is 13.9. The summed E-state index contributed by atoms with van der Waals surface area (Å²) >= 11 is 0. The Balaban J connectivity index is 0.00000156. The molecule has 3 aromatic rings. The van der Waals surface area contributed by atoms with Crippen molar-refractivity contribution in [2.45, 2.75) is 13.3 Å². The summed E-state index contributed by atoms with van der Waals surface area (Å²) in [4.78, 5) is 17.0. The average molecular weight is 380 g/mol. The number of carbonyl (C=O) groups excluding carboxylic acids is 1. The van der Waals surface area contributed by atoms with Crippen LogP contribution in [-0.2, 0) is 0 Å². The molecule has 0 fully saturated rings. The summed E-state index contributed by atoms with van der Waals surface area (Å²) in [5.74, 6) is -0.0715. The molecule has 0 radical (unpaired) electrons. The highest BCUT2D eigenvalue weighted by Crippen LogP contribution is 2.27. The summed E-state index contributed by atoms with van der Waals surface area (Å²) in [5, 5.41) is 9.44. The highest BCUT2D eigenvalue weighted by molar-refractivity contribution is 6.15. The molecule has 0 bridgehead atoms. The molecule has 0 aliphatic heterocycles. The molecule has 0 spiro atoms. The van der Waals surface area contributed by atoms with Crippen molar-refractivity contribution >= 4 is 52.4 Å². The first-order valence-corrected chi connectivity index (χ1v) is 8.06. The second kappa shape index (κ2) is 10.2. The van der Waals surface area contributed by atoms with Gasteiger partial charge in [-0.3, -0.25) is 9.78 Å². The highest BCUT2D eigenvalue weighted by atomic mass is 35.5. The fraction of sp³-hybridized carbons (Fsp3) is 0.263. The van der Waals surface area contributed by atoms with Gasteiger partial charge in [-0.25, -0.2) is 0 Å². The Labute approximate surface area is 160 Å². The van der Waals surface area contributed by atoms with Gasteiger partial charge in [-0.05, 0) is 35.9 Å². The van der Waals surface area contributed by atoms with E-state index in [1.54, 1.807) is 6.20 Å². The number of aromatic nitrogens is 1. The Hall–Kier alpha value is -1.88. The Bertz CT molecular complexity index is 839. The van der Waals surface area contributed by atoms with Crippen LogP contribution >= 0.6 is 24.8 Å². The van der Waals surface area contributed by atoms with Crippen LogP contribution in [0, 0.1) is 0 Å². The summed E-state index contributed by atoms with van der Waals surface area (Å²) < 4.78 is 0. The van der Waals surface area contributed by atoms with E-state index in [1.165, 1.54) is 0 Å². The van der Waals surface area contributed by atoms with Gasteiger partial charge in [-0.1, -0.05) is 37.3 Å². The van der Waals surface area contributed by atoms with Crippen molar-refractivity contribution < 1.29 is 4.79 Å². The van der Waals surface area contributed by atoms with Crippen LogP contribution in [-0.4, -0.2) is 30.5 Å². The van der Waals surface area contributed by atoms with E-state index in [2.05, 4.69) is 28.6 Å². The average Bonchev–Trinajstić information content (AvgIpc) is 2.60. The predicted octanol–water partition coefficient (Wildman–Crippen LogP) is 3.96. The number of pyridine rings is 1. The van der Waals surface area contributed by atoms with Crippen molar-refractivity contribution in [3.63, 3.8) is 0 Å². The molecule has 1 amide bonds. The second-order valence-corrected chi connectivity index (χ2v) is 5.55. The number of rotatable bonds is 6. The van der Waals surface area contributed by atoms with Crippen LogP contribution < -0.4 is 10.6 Å². The number of fused-ring (bicyclic) bond motifs is 3. The summed E-state index contributed by atoms with van der Waals surface area (Å²) in [7, 11) is 0. The number of carbonyl (C=O) groups is 1. The topological polar surface area (TPSA) is 54.0 Å². The first kappa shape index (κ1) is 21.2. The van der Waals surface area contributed by atoms with E-state index in [0.717, 1.165) is 41.2 Å². The summed E-state index contributed by atoms with van der Waals surface area (Å²) in [6.45, 7) is 4.48. The Kier molecular flexibility index (Phi) is 8.62. The third-order valence-corrected chi connectivity index (χ3v) is 3.87. The molecule has 0 saturated carbocycles. The molecule has 1 heterocycles. The van der Waals surface area contributed by atoms with Crippen molar-refractivity contribution in [2.24, 2.45) is 0 Å². The Morgan fingerprint density at radius 2 is 1.76 bits per heavy atom. The highest BCUT2D eigenvalue weighted by Gasteiger charge is 2.13. The predicted molar refractivity (Wildman–Crippen MR) is 109 cm³/mol. The number of nitrogens with one attached hydrogen (secondary N) is 2. The lowest BCUT2D eigenvalue weighted by molar-refractivity contribution is 0.0955. The zero-order valence-electron chi connectivity index (χ0n) is 14.1. The van der Waals surface area contributed by atoms with E-state index in [0.29, 0.717) is 12.1 Å². The van der Waals surface area contributed by atoms with Crippen molar-refractivity contribution in [2.75, 3.05) is 19.6 Å². The standard InChI is InChI=1S/C19H21N3O.2ClH/c1-2-9-20-11-12-22-19(23)17-13-14-6-3-4-7-15(14)16-8-5-10-21-18(16)17;;/h3-8,10,13,20H,2,9,11-12H2,1H3,(H,22,23);2*1H. The van der Waals surface area contributed by atoms with Gasteiger partial charge in [-0.15, -0.1) is 24.8 Å². The van der Waals surface area contributed by atoms with Crippen LogP contribution in [0.1, 0.15) is 23.7 Å². The minimum absolute atomic E-state index is 0. The number of halogens is 2. The van der Waals surface area contributed by atoms with Crippen LogP contribution in [0.3, 0.4) is 0 Å². The van der Waals surface area contributed by atoms with Gasteiger partial charge in [0.2, 0.25) is 0 Å². The van der Waals surface area contributed by atoms with Gasteiger partial charge in [0.05, 0.1) is 11.1 Å². The third kappa shape index (κ3) is 4.82. The van der Waals surface area contributed by atoms with Crippen molar-refractivity contribution in [1.29, 1.82) is 0 Å². The summed E-state index contributed by atoms with van der Waals surface area (Å²) in [6.07, 6.45) is 2.82. The van der Waals surface area contributed by atoms with Crippen LogP contribution in [0.2, 0.25) is 0 Å². The molecule has 0 unspecified atom stereocenters. The lowest BCUT2D eigenvalue weighted by Gasteiger charge is -2.10. The van der Waals surface area contributed by atoms with Crippen LogP contribution in [0.15, 0.2) is 48.7 Å². The van der Waals surface area contributed by atoms with Gasteiger partial charge in [0.1, 0.15) is 0 Å². The van der Waals surface area contributed by atoms with Crippen molar-refractivity contribution in [3.05, 3.63) is 54.2 Å². The molecule has 2 aromatic carbocycles. The minimum Gasteiger partial charge on any atom is -0.351 e. The van der Waals surface area contributed by atoms with Gasteiger partial charge in [0.25, 0.3) is 5.91 Å². The van der Waals surface area contributed by atoms with Crippen LogP contribution in [0.4, 0.5) is 0 Å². The molecule has 4 nitrogen and oxygen atoms in total. The van der Waals surface area contributed by atoms with Gasteiger partial charge in [0.15, 0.2) is 0 Å². The fourth-order valence-corrected chi connectivity index (χ4v) is 2.76. The zero-order valence-corrected chi connectivity index (χ0v) is 15.8. The van der Waals surface area contributed by atoms with Crippen molar-refractivity contribution in [1.82, 2.24) is 15.6 Å². The lowest BCUT2D eigenvalue weighted by Crippen LogP contribution is -2.32. The molecular weight excluding hydrogens is 357 g/mol. The molecule has 3 rings (SSSR count). The number of hydrogen-bond acceptors (Lipinski definition) is 3. The fourth-order valence-electron chi connectivity index (χ4n) is 2.76. The monoisotopic (exact) mass is 379 g/mol. The van der Waals surface area contributed by atoms with E-state index in [4.69, 9.17) is 0 Å². The maximum atomic E-state index is 12.6. The normalized spacial score (nSPS) is 10.1. The number of hydrogen-bond donors (Lipinski definition) is 2. The molecule has 0 aliphatic carbocycles. The second-order valence-electron chi connectivity index (χ2n) is 5.55. The molecular formula is C19H23Cl2N3O. The molecule has 0 atom stereocenters.